The van der Waals surface area contributed by atoms with E-state index in [0.29, 0.717) is 11.4 Å². The largest absolute Gasteiger partial charge is 0.497 e. The van der Waals surface area contributed by atoms with E-state index in [2.05, 4.69) is 0 Å². The summed E-state index contributed by atoms with van der Waals surface area (Å²) in [5.41, 5.74) is -0.541. The number of hydrogen-bond donors (Lipinski definition) is 1. The van der Waals surface area contributed by atoms with E-state index in [9.17, 15) is 14.7 Å². The zero-order chi connectivity index (χ0) is 15.5. The summed E-state index contributed by atoms with van der Waals surface area (Å²) < 4.78 is 10.8. The van der Waals surface area contributed by atoms with Crippen molar-refractivity contribution in [3.63, 3.8) is 0 Å². The number of amides is 2. The minimum Gasteiger partial charge on any atom is -0.497 e. The topological polar surface area (TPSA) is 76.1 Å². The van der Waals surface area contributed by atoms with Crippen LogP contribution in [0.1, 0.15) is 0 Å². The molecule has 3 aliphatic rings. The summed E-state index contributed by atoms with van der Waals surface area (Å²) in [5, 5.41) is 9.64. The first-order valence-corrected chi connectivity index (χ1v) is 7.11. The van der Waals surface area contributed by atoms with Gasteiger partial charge in [0.15, 0.2) is 0 Å². The lowest BCUT2D eigenvalue weighted by atomic mass is 9.77. The maximum absolute atomic E-state index is 12.8. The number of hydrogen-bond acceptors (Lipinski definition) is 5. The average Bonchev–Trinajstić information content (AvgIpc) is 3.19. The Bertz CT molecular complexity index is 682. The van der Waals surface area contributed by atoms with Crippen LogP contribution in [0.4, 0.5) is 5.69 Å². The van der Waals surface area contributed by atoms with Gasteiger partial charge in [-0.15, -0.1) is 0 Å². The number of methoxy groups -OCH3 is 1. The summed E-state index contributed by atoms with van der Waals surface area (Å²) in [6.45, 7) is -0.309. The fraction of sp³-hybridized carbons (Fsp3) is 0.375. The van der Waals surface area contributed by atoms with Crippen molar-refractivity contribution >= 4 is 17.5 Å². The molecule has 1 N–H and O–H groups in total. The molecule has 4 atom stereocenters. The SMILES string of the molecule is COc1ccc(N2C(=O)[C@H]3[C@@H](C2=O)[C@]2(CO)C=C[C@H]3O2)cc1. The highest BCUT2D eigenvalue weighted by Gasteiger charge is 2.67. The molecule has 22 heavy (non-hydrogen) atoms. The van der Waals surface area contributed by atoms with Crippen LogP contribution in [0.15, 0.2) is 36.4 Å². The molecule has 114 valence electrons. The number of benzene rings is 1. The van der Waals surface area contributed by atoms with Gasteiger partial charge in [0, 0.05) is 0 Å². The molecule has 0 radical (unpaired) electrons. The van der Waals surface area contributed by atoms with Crippen LogP contribution in [0.5, 0.6) is 5.75 Å². The van der Waals surface area contributed by atoms with Gasteiger partial charge in [0.2, 0.25) is 11.8 Å². The molecule has 2 fully saturated rings. The molecule has 2 bridgehead atoms. The predicted molar refractivity (Wildman–Crippen MR) is 76.3 cm³/mol. The fourth-order valence-corrected chi connectivity index (χ4v) is 3.67. The van der Waals surface area contributed by atoms with Crippen molar-refractivity contribution in [3.05, 3.63) is 36.4 Å². The number of aliphatic hydroxyl groups is 1. The van der Waals surface area contributed by atoms with Crippen molar-refractivity contribution in [2.75, 3.05) is 18.6 Å². The number of carbonyl (C=O) groups excluding carboxylic acids is 2. The first-order chi connectivity index (χ1) is 10.6. The van der Waals surface area contributed by atoms with Gasteiger partial charge in [-0.05, 0) is 24.3 Å². The van der Waals surface area contributed by atoms with Crippen LogP contribution in [-0.4, -0.2) is 42.3 Å². The highest BCUT2D eigenvalue weighted by Crippen LogP contribution is 2.52. The molecule has 4 rings (SSSR count). The zero-order valence-electron chi connectivity index (χ0n) is 11.9. The molecule has 0 aliphatic carbocycles. The number of aliphatic hydroxyl groups excluding tert-OH is 1. The molecule has 0 saturated carbocycles. The number of fused-ring (bicyclic) bond motifs is 5. The number of rotatable bonds is 3. The summed E-state index contributed by atoms with van der Waals surface area (Å²) in [7, 11) is 1.55. The molecule has 2 saturated heterocycles. The van der Waals surface area contributed by atoms with Gasteiger partial charge < -0.3 is 14.6 Å². The second-order valence-corrected chi connectivity index (χ2v) is 5.77. The fourth-order valence-electron chi connectivity index (χ4n) is 3.67. The number of carbonyl (C=O) groups is 2. The predicted octanol–water partition coefficient (Wildman–Crippen LogP) is 0.500. The third kappa shape index (κ3) is 1.51. The van der Waals surface area contributed by atoms with Crippen LogP contribution < -0.4 is 9.64 Å². The van der Waals surface area contributed by atoms with Gasteiger partial charge in [-0.25, -0.2) is 4.90 Å². The standard InChI is InChI=1S/C16H15NO5/c1-21-10-4-2-9(3-5-10)17-14(19)12-11-6-7-16(8-18,22-11)13(12)15(17)20/h2-7,11-13,18H,8H2,1H3/t11-,12-,13+,16-/m1/s1. The van der Waals surface area contributed by atoms with E-state index < -0.39 is 23.5 Å². The number of imide groups is 1. The highest BCUT2D eigenvalue weighted by molar-refractivity contribution is 6.23. The van der Waals surface area contributed by atoms with E-state index in [-0.39, 0.29) is 18.4 Å². The average molecular weight is 301 g/mol. The van der Waals surface area contributed by atoms with E-state index in [0.717, 1.165) is 0 Å². The summed E-state index contributed by atoms with van der Waals surface area (Å²) in [4.78, 5) is 26.6. The van der Waals surface area contributed by atoms with E-state index >= 15 is 0 Å². The van der Waals surface area contributed by atoms with Gasteiger partial charge in [-0.3, -0.25) is 9.59 Å². The summed E-state index contributed by atoms with van der Waals surface area (Å²) in [6, 6.07) is 6.76. The Kier molecular flexibility index (Phi) is 2.70. The Labute approximate surface area is 126 Å². The van der Waals surface area contributed by atoms with Gasteiger partial charge in [0.05, 0.1) is 37.3 Å². The second-order valence-electron chi connectivity index (χ2n) is 5.77. The molecule has 6 nitrogen and oxygen atoms in total. The van der Waals surface area contributed by atoms with Crippen molar-refractivity contribution in [1.29, 1.82) is 0 Å². The quantitative estimate of drug-likeness (QED) is 0.650. The first kappa shape index (κ1) is 13.5. The van der Waals surface area contributed by atoms with Crippen LogP contribution in [0, 0.1) is 11.8 Å². The molecule has 1 aromatic carbocycles. The van der Waals surface area contributed by atoms with E-state index in [1.807, 2.05) is 0 Å². The number of ether oxygens (including phenoxy) is 2. The monoisotopic (exact) mass is 301 g/mol. The minimum atomic E-state index is -1.05. The van der Waals surface area contributed by atoms with Crippen molar-refractivity contribution in [1.82, 2.24) is 0 Å². The molecule has 1 aromatic rings. The summed E-state index contributed by atoms with van der Waals surface area (Å²) in [5.74, 6) is -1.14. The van der Waals surface area contributed by atoms with E-state index in [1.165, 1.54) is 4.90 Å². The Morgan fingerprint density at radius 3 is 2.64 bits per heavy atom. The molecule has 0 aromatic heterocycles. The second kappa shape index (κ2) is 4.41. The molecule has 2 amide bonds. The maximum Gasteiger partial charge on any atom is 0.241 e. The highest BCUT2D eigenvalue weighted by atomic mass is 16.5. The molecule has 0 unspecified atom stereocenters. The first-order valence-electron chi connectivity index (χ1n) is 7.11. The van der Waals surface area contributed by atoms with Gasteiger partial charge in [-0.1, -0.05) is 12.2 Å². The lowest BCUT2D eigenvalue weighted by molar-refractivity contribution is -0.128. The molecule has 0 spiro atoms. The third-order valence-corrected chi connectivity index (χ3v) is 4.73. The molecule has 3 aliphatic heterocycles. The Hall–Kier alpha value is -2.18. The Balaban J connectivity index is 1.72. The molecule has 3 heterocycles. The van der Waals surface area contributed by atoms with E-state index in [1.54, 1.807) is 43.5 Å². The van der Waals surface area contributed by atoms with Gasteiger partial charge in [0.25, 0.3) is 0 Å². The minimum absolute atomic E-state index is 0.273. The smallest absolute Gasteiger partial charge is 0.241 e. The third-order valence-electron chi connectivity index (χ3n) is 4.73. The lowest BCUT2D eigenvalue weighted by Gasteiger charge is -2.26. The van der Waals surface area contributed by atoms with Crippen LogP contribution in [0.25, 0.3) is 0 Å². The molecule has 6 heteroatoms. The van der Waals surface area contributed by atoms with Crippen molar-refractivity contribution in [3.8, 4) is 5.75 Å². The lowest BCUT2D eigenvalue weighted by Crippen LogP contribution is -2.43. The van der Waals surface area contributed by atoms with Gasteiger partial charge in [0.1, 0.15) is 11.4 Å². The number of nitrogens with zero attached hydrogens (tertiary/aromatic N) is 1. The van der Waals surface area contributed by atoms with Gasteiger partial charge in [-0.2, -0.15) is 0 Å². The Morgan fingerprint density at radius 1 is 1.27 bits per heavy atom. The summed E-state index contributed by atoms with van der Waals surface area (Å²) >= 11 is 0. The van der Waals surface area contributed by atoms with Crippen LogP contribution >= 0.6 is 0 Å². The summed E-state index contributed by atoms with van der Waals surface area (Å²) in [6.07, 6.45) is 3.04. The van der Waals surface area contributed by atoms with Gasteiger partial charge >= 0.3 is 0 Å². The molecular formula is C16H15NO5. The maximum atomic E-state index is 12.8. The number of anilines is 1. The normalized spacial score (nSPS) is 35.4. The van der Waals surface area contributed by atoms with Crippen molar-refractivity contribution in [2.45, 2.75) is 11.7 Å². The van der Waals surface area contributed by atoms with Crippen molar-refractivity contribution in [2.24, 2.45) is 11.8 Å². The molecular weight excluding hydrogens is 286 g/mol. The van der Waals surface area contributed by atoms with Crippen LogP contribution in [0.2, 0.25) is 0 Å². The van der Waals surface area contributed by atoms with Crippen LogP contribution in [-0.2, 0) is 14.3 Å². The van der Waals surface area contributed by atoms with Crippen LogP contribution in [0.3, 0.4) is 0 Å². The van der Waals surface area contributed by atoms with Crippen molar-refractivity contribution < 1.29 is 24.2 Å². The Morgan fingerprint density at radius 2 is 2.00 bits per heavy atom. The van der Waals surface area contributed by atoms with E-state index in [4.69, 9.17) is 9.47 Å². The zero-order valence-corrected chi connectivity index (χ0v) is 11.9.